The average Bonchev–Trinajstić information content (AvgIpc) is 3.32. The Kier molecular flexibility index (Phi) is 9.21. The molecule has 2 atom stereocenters. The van der Waals surface area contributed by atoms with E-state index in [1.54, 1.807) is 51.2 Å². The molecule has 2 aliphatic heterocycles. The zero-order chi connectivity index (χ0) is 28.3. The second-order valence-corrected chi connectivity index (χ2v) is 11.6. The van der Waals surface area contributed by atoms with Crippen molar-refractivity contribution in [2.45, 2.75) is 46.0 Å². The molecule has 39 heavy (non-hydrogen) atoms. The molecule has 11 nitrogen and oxygen atoms in total. The van der Waals surface area contributed by atoms with Crippen molar-refractivity contribution in [3.05, 3.63) is 41.5 Å². The highest BCUT2D eigenvalue weighted by Gasteiger charge is 2.48. The van der Waals surface area contributed by atoms with Crippen molar-refractivity contribution in [1.29, 1.82) is 0 Å². The number of carbonyl (C=O) groups is 3. The molecule has 0 radical (unpaired) electrons. The maximum atomic E-state index is 13.5. The molecule has 0 bridgehead atoms. The summed E-state index contributed by atoms with van der Waals surface area (Å²) >= 11 is 0. The summed E-state index contributed by atoms with van der Waals surface area (Å²) in [5.74, 6) is -1.90. The standard InChI is InChI=1S/C27H37N4O7P/c1-6-30(7-2)13-14-31-26(33)20-12-10-11-18-15-19(16-21(24(18)20)27(31)34)28-25(32)22-17-23(29(5)38-22)39(35,36-8-3)37-9-4/h10-12,15-16,22-23H,6-9,13-14,17H2,1-5H3,(H,28,32)/t22-,23+/m0/s1. The second-order valence-electron chi connectivity index (χ2n) is 9.44. The number of anilines is 1. The summed E-state index contributed by atoms with van der Waals surface area (Å²) < 4.78 is 24.2. The first-order valence-electron chi connectivity index (χ1n) is 13.4. The Hall–Kier alpha value is -2.66. The van der Waals surface area contributed by atoms with Crippen LogP contribution in [0.1, 0.15) is 54.8 Å². The van der Waals surface area contributed by atoms with Gasteiger partial charge in [-0.05, 0) is 50.5 Å². The first-order valence-corrected chi connectivity index (χ1v) is 15.0. The van der Waals surface area contributed by atoms with Gasteiger partial charge in [0.2, 0.25) is 0 Å². The molecule has 2 aliphatic rings. The van der Waals surface area contributed by atoms with Gasteiger partial charge in [-0.15, -0.1) is 0 Å². The number of rotatable bonds is 12. The number of hydrogen-bond acceptors (Lipinski definition) is 9. The van der Waals surface area contributed by atoms with Crippen molar-refractivity contribution in [3.63, 3.8) is 0 Å². The van der Waals surface area contributed by atoms with Gasteiger partial charge in [0.05, 0.1) is 18.8 Å². The molecule has 3 amide bonds. The number of carbonyl (C=O) groups excluding carboxylic acids is 3. The minimum atomic E-state index is -3.53. The molecule has 2 heterocycles. The summed E-state index contributed by atoms with van der Waals surface area (Å²) in [7, 11) is -1.94. The summed E-state index contributed by atoms with van der Waals surface area (Å²) in [6.07, 6.45) is -0.827. The lowest BCUT2D eigenvalue weighted by Gasteiger charge is -2.29. The van der Waals surface area contributed by atoms with Gasteiger partial charge in [0.25, 0.3) is 17.7 Å². The Morgan fingerprint density at radius 2 is 1.74 bits per heavy atom. The third-order valence-corrected chi connectivity index (χ3v) is 9.65. The highest BCUT2D eigenvalue weighted by Crippen LogP contribution is 2.57. The van der Waals surface area contributed by atoms with Crippen LogP contribution in [0.5, 0.6) is 0 Å². The molecule has 1 saturated heterocycles. The molecular formula is C27H37N4O7P. The summed E-state index contributed by atoms with van der Waals surface area (Å²) in [5, 5.41) is 5.45. The number of benzene rings is 2. The highest BCUT2D eigenvalue weighted by atomic mass is 31.2. The Morgan fingerprint density at radius 3 is 2.38 bits per heavy atom. The van der Waals surface area contributed by atoms with Gasteiger partial charge in [-0.3, -0.25) is 28.7 Å². The molecule has 212 valence electrons. The van der Waals surface area contributed by atoms with Crippen LogP contribution in [0.3, 0.4) is 0 Å². The largest absolute Gasteiger partial charge is 0.350 e. The lowest BCUT2D eigenvalue weighted by Crippen LogP contribution is -2.44. The van der Waals surface area contributed by atoms with Crippen molar-refractivity contribution in [3.8, 4) is 0 Å². The summed E-state index contributed by atoms with van der Waals surface area (Å²) in [6.45, 7) is 10.4. The second kappa shape index (κ2) is 12.2. The third kappa shape index (κ3) is 5.79. The van der Waals surface area contributed by atoms with Crippen LogP contribution in [0.15, 0.2) is 30.3 Å². The zero-order valence-corrected chi connectivity index (χ0v) is 24.0. The van der Waals surface area contributed by atoms with Crippen LogP contribution in [0, 0.1) is 0 Å². The van der Waals surface area contributed by atoms with Gasteiger partial charge in [-0.2, -0.15) is 5.06 Å². The van der Waals surface area contributed by atoms with Crippen molar-refractivity contribution >= 4 is 41.8 Å². The molecule has 0 saturated carbocycles. The van der Waals surface area contributed by atoms with Crippen molar-refractivity contribution in [2.75, 3.05) is 51.8 Å². The fourth-order valence-corrected chi connectivity index (χ4v) is 7.18. The molecule has 0 spiro atoms. The van der Waals surface area contributed by atoms with E-state index < -0.39 is 31.3 Å². The monoisotopic (exact) mass is 560 g/mol. The van der Waals surface area contributed by atoms with Gasteiger partial charge < -0.3 is 19.3 Å². The van der Waals surface area contributed by atoms with Crippen LogP contribution < -0.4 is 5.32 Å². The molecule has 0 aliphatic carbocycles. The van der Waals surface area contributed by atoms with Crippen LogP contribution in [-0.4, -0.2) is 90.9 Å². The van der Waals surface area contributed by atoms with Crippen LogP contribution in [-0.2, 0) is 23.2 Å². The fourth-order valence-electron chi connectivity index (χ4n) is 5.14. The predicted octanol–water partition coefficient (Wildman–Crippen LogP) is 3.94. The average molecular weight is 561 g/mol. The van der Waals surface area contributed by atoms with Crippen LogP contribution in [0.25, 0.3) is 10.8 Å². The normalized spacial score (nSPS) is 19.9. The van der Waals surface area contributed by atoms with E-state index in [1.807, 2.05) is 13.8 Å². The molecule has 1 N–H and O–H groups in total. The molecule has 2 aromatic carbocycles. The topological polar surface area (TPSA) is 118 Å². The van der Waals surface area contributed by atoms with Crippen molar-refractivity contribution < 1.29 is 32.8 Å². The van der Waals surface area contributed by atoms with E-state index >= 15 is 0 Å². The van der Waals surface area contributed by atoms with E-state index in [1.165, 1.54) is 9.96 Å². The first kappa shape index (κ1) is 29.3. The van der Waals surface area contributed by atoms with Crippen LogP contribution in [0.4, 0.5) is 5.69 Å². The molecule has 4 rings (SSSR count). The predicted molar refractivity (Wildman–Crippen MR) is 148 cm³/mol. The van der Waals surface area contributed by atoms with Gasteiger partial charge in [0.1, 0.15) is 5.78 Å². The lowest BCUT2D eigenvalue weighted by molar-refractivity contribution is -0.155. The quantitative estimate of drug-likeness (QED) is 0.304. The Bertz CT molecular complexity index is 1290. The van der Waals surface area contributed by atoms with E-state index in [-0.39, 0.29) is 32.1 Å². The Balaban J connectivity index is 1.57. The SMILES string of the molecule is CCOP(=O)(OCC)[C@@H]1C[C@@H](C(=O)Nc2cc3c4c(cccc4c2)C(=O)N(CCN(CC)CC)C3=O)ON1C. The van der Waals surface area contributed by atoms with Crippen LogP contribution in [0.2, 0.25) is 0 Å². The van der Waals surface area contributed by atoms with Crippen LogP contribution >= 0.6 is 7.60 Å². The summed E-state index contributed by atoms with van der Waals surface area (Å²) in [4.78, 5) is 49.1. The number of hydrogen-bond donors (Lipinski definition) is 1. The minimum absolute atomic E-state index is 0.108. The number of hydroxylamine groups is 2. The van der Waals surface area contributed by atoms with Gasteiger partial charge in [0, 0.05) is 43.2 Å². The van der Waals surface area contributed by atoms with E-state index in [4.69, 9.17) is 13.9 Å². The maximum absolute atomic E-state index is 13.5. The smallest absolute Gasteiger partial charge is 0.324 e. The van der Waals surface area contributed by atoms with Gasteiger partial charge >= 0.3 is 7.60 Å². The molecule has 0 unspecified atom stereocenters. The number of imide groups is 1. The zero-order valence-electron chi connectivity index (χ0n) is 23.1. The van der Waals surface area contributed by atoms with Gasteiger partial charge in [0.15, 0.2) is 6.10 Å². The first-order chi connectivity index (χ1) is 18.7. The third-order valence-electron chi connectivity index (χ3n) is 7.14. The lowest BCUT2D eigenvalue weighted by atomic mass is 9.93. The van der Waals surface area contributed by atoms with Gasteiger partial charge in [-0.1, -0.05) is 26.0 Å². The molecule has 2 aromatic rings. The summed E-state index contributed by atoms with van der Waals surface area (Å²) in [6, 6.07) is 8.63. The highest BCUT2D eigenvalue weighted by molar-refractivity contribution is 7.54. The number of nitrogens with zero attached hydrogens (tertiary/aromatic N) is 3. The minimum Gasteiger partial charge on any atom is -0.324 e. The molecule has 0 aromatic heterocycles. The van der Waals surface area contributed by atoms with Gasteiger partial charge in [-0.25, -0.2) is 0 Å². The van der Waals surface area contributed by atoms with Crippen molar-refractivity contribution in [1.82, 2.24) is 14.9 Å². The fraction of sp³-hybridized carbons (Fsp3) is 0.519. The maximum Gasteiger partial charge on any atom is 0.350 e. The van der Waals surface area contributed by atoms with E-state index in [0.717, 1.165) is 13.1 Å². The Morgan fingerprint density at radius 1 is 1.08 bits per heavy atom. The molecule has 12 heteroatoms. The molecule has 1 fully saturated rings. The number of nitrogens with one attached hydrogen (secondary N) is 1. The van der Waals surface area contributed by atoms with Crippen molar-refractivity contribution in [2.24, 2.45) is 0 Å². The number of amides is 3. The van der Waals surface area contributed by atoms with E-state index in [9.17, 15) is 18.9 Å². The van der Waals surface area contributed by atoms with E-state index in [2.05, 4.69) is 10.2 Å². The number of likely N-dealkylation sites (N-methyl/N-ethyl adjacent to an activating group) is 1. The summed E-state index contributed by atoms with van der Waals surface area (Å²) in [5.41, 5.74) is 1.22. The molecular weight excluding hydrogens is 523 g/mol. The Labute approximate surface area is 228 Å². The van der Waals surface area contributed by atoms with E-state index in [0.29, 0.717) is 34.1 Å².